The van der Waals surface area contributed by atoms with E-state index in [1.807, 2.05) is 84.9 Å². The number of nitrogens with one attached hydrogen (secondary N) is 3. The fraction of sp³-hybridized carbons (Fsp3) is 0.395. The minimum absolute atomic E-state index is 0.0599. The number of hydrogen-bond donors (Lipinski definition) is 3. The van der Waals surface area contributed by atoms with E-state index in [1.54, 1.807) is 0 Å². The Morgan fingerprint density at radius 3 is 2.34 bits per heavy atom. The minimum atomic E-state index is -0.679. The van der Waals surface area contributed by atoms with E-state index in [2.05, 4.69) is 33.0 Å². The number of fused-ring (bicyclic) bond motifs is 1. The Hall–Kier alpha value is -4.47. The number of para-hydroxylation sites is 1. The standard InChI is InChI=1S/C38H44N4O5/c43-35(39-30-14-16-32(17-15-30)47-31-12-5-2-6-13-31)27-42-22-18-33-29(26-42)11-7-8-19-38(20-23-46-24-21-38)37(45)41-34(36(44)40-33)25-28-9-3-1-4-10-28/h1-10,12-17,29,33-34H,11,18-27H2,(H,39,43)(H,40,44)(H,41,45)/t29-,33+,34+/m1/s1. The van der Waals surface area contributed by atoms with Crippen molar-refractivity contribution in [3.8, 4) is 11.5 Å². The lowest BCUT2D eigenvalue weighted by Crippen LogP contribution is -2.58. The summed E-state index contributed by atoms with van der Waals surface area (Å²) in [6, 6.07) is 26.0. The first-order chi connectivity index (χ1) is 23.0. The van der Waals surface area contributed by atoms with Crippen LogP contribution in [-0.2, 0) is 25.5 Å². The van der Waals surface area contributed by atoms with E-state index in [-0.39, 0.29) is 36.2 Å². The summed E-state index contributed by atoms with van der Waals surface area (Å²) < 4.78 is 11.5. The van der Waals surface area contributed by atoms with Gasteiger partial charge in [-0.3, -0.25) is 19.3 Å². The predicted octanol–water partition coefficient (Wildman–Crippen LogP) is 5.10. The van der Waals surface area contributed by atoms with Crippen molar-refractivity contribution in [1.82, 2.24) is 15.5 Å². The van der Waals surface area contributed by atoms with Crippen LogP contribution >= 0.6 is 0 Å². The van der Waals surface area contributed by atoms with E-state index in [4.69, 9.17) is 9.47 Å². The second-order valence-corrected chi connectivity index (χ2v) is 12.9. The molecule has 0 radical (unpaired) electrons. The monoisotopic (exact) mass is 636 g/mol. The van der Waals surface area contributed by atoms with Gasteiger partial charge in [0.1, 0.15) is 17.5 Å². The summed E-state index contributed by atoms with van der Waals surface area (Å²) in [6.07, 6.45) is 8.04. The number of carbonyl (C=O) groups is 3. The molecule has 0 aliphatic carbocycles. The largest absolute Gasteiger partial charge is 0.457 e. The highest BCUT2D eigenvalue weighted by Crippen LogP contribution is 2.36. The van der Waals surface area contributed by atoms with Gasteiger partial charge in [-0.2, -0.15) is 0 Å². The lowest BCUT2D eigenvalue weighted by Gasteiger charge is -2.40. The summed E-state index contributed by atoms with van der Waals surface area (Å²) in [4.78, 5) is 42.9. The average Bonchev–Trinajstić information content (AvgIpc) is 3.09. The zero-order chi connectivity index (χ0) is 32.5. The minimum Gasteiger partial charge on any atom is -0.457 e. The number of nitrogens with zero attached hydrogens (tertiary/aromatic N) is 1. The molecule has 0 aromatic heterocycles. The Morgan fingerprint density at radius 1 is 0.894 bits per heavy atom. The average molecular weight is 637 g/mol. The van der Waals surface area contributed by atoms with Gasteiger partial charge in [0.25, 0.3) is 0 Å². The molecule has 3 aliphatic heterocycles. The fourth-order valence-corrected chi connectivity index (χ4v) is 6.83. The van der Waals surface area contributed by atoms with E-state index >= 15 is 0 Å². The third kappa shape index (κ3) is 8.67. The SMILES string of the molecule is O=C(CN1CC[C@@H]2NC(=O)[C@H](Cc3ccccc3)NC(=O)C3(CC=CC[C@@H]2C1)CCOCC3)Nc1ccc(Oc2ccccc2)cc1. The van der Waals surface area contributed by atoms with Crippen molar-refractivity contribution in [2.24, 2.45) is 11.3 Å². The van der Waals surface area contributed by atoms with Crippen LogP contribution in [0.3, 0.4) is 0 Å². The van der Waals surface area contributed by atoms with E-state index in [0.717, 1.165) is 24.2 Å². The van der Waals surface area contributed by atoms with Crippen LogP contribution in [0.15, 0.2) is 97.1 Å². The number of anilines is 1. The third-order valence-electron chi connectivity index (χ3n) is 9.58. The van der Waals surface area contributed by atoms with E-state index < -0.39 is 11.5 Å². The maximum atomic E-state index is 13.8. The molecular weight excluding hydrogens is 592 g/mol. The molecule has 1 spiro atoms. The van der Waals surface area contributed by atoms with Crippen LogP contribution in [0.4, 0.5) is 5.69 Å². The van der Waals surface area contributed by atoms with Crippen molar-refractivity contribution in [3.05, 3.63) is 103 Å². The zero-order valence-electron chi connectivity index (χ0n) is 26.7. The quantitative estimate of drug-likeness (QED) is 0.312. The van der Waals surface area contributed by atoms with Gasteiger partial charge in [-0.15, -0.1) is 0 Å². The highest BCUT2D eigenvalue weighted by Gasteiger charge is 2.41. The van der Waals surface area contributed by atoms with Crippen LogP contribution in [0.1, 0.15) is 37.7 Å². The molecule has 3 aliphatic rings. The summed E-state index contributed by atoms with van der Waals surface area (Å²) >= 11 is 0. The Bertz CT molecular complexity index is 1520. The fourth-order valence-electron chi connectivity index (χ4n) is 6.83. The molecule has 3 aromatic rings. The second kappa shape index (κ2) is 15.4. The van der Waals surface area contributed by atoms with Crippen LogP contribution in [-0.4, -0.2) is 67.6 Å². The smallest absolute Gasteiger partial charge is 0.243 e. The molecule has 3 heterocycles. The number of ether oxygens (including phenoxy) is 2. The van der Waals surface area contributed by atoms with Gasteiger partial charge in [-0.1, -0.05) is 60.7 Å². The van der Waals surface area contributed by atoms with Gasteiger partial charge < -0.3 is 25.4 Å². The summed E-state index contributed by atoms with van der Waals surface area (Å²) in [5, 5.41) is 9.47. The van der Waals surface area contributed by atoms with Crippen LogP contribution in [0.25, 0.3) is 0 Å². The molecule has 3 amide bonds. The molecule has 47 heavy (non-hydrogen) atoms. The summed E-state index contributed by atoms with van der Waals surface area (Å²) in [7, 11) is 0. The number of allylic oxidation sites excluding steroid dienone is 2. The van der Waals surface area contributed by atoms with Gasteiger partial charge in [0.05, 0.1) is 12.0 Å². The molecule has 0 bridgehead atoms. The number of piperidine rings is 1. The Kier molecular flexibility index (Phi) is 10.6. The molecule has 246 valence electrons. The van der Waals surface area contributed by atoms with Crippen molar-refractivity contribution >= 4 is 23.4 Å². The molecule has 3 atom stereocenters. The lowest BCUT2D eigenvalue weighted by atomic mass is 9.75. The van der Waals surface area contributed by atoms with Gasteiger partial charge in [0, 0.05) is 44.5 Å². The Labute approximate surface area is 276 Å². The van der Waals surface area contributed by atoms with Crippen molar-refractivity contribution in [2.45, 2.75) is 50.6 Å². The van der Waals surface area contributed by atoms with Gasteiger partial charge in [-0.25, -0.2) is 0 Å². The summed E-state index contributed by atoms with van der Waals surface area (Å²) in [5.41, 5.74) is 1.11. The Morgan fingerprint density at radius 2 is 1.60 bits per heavy atom. The number of hydrogen-bond acceptors (Lipinski definition) is 6. The summed E-state index contributed by atoms with van der Waals surface area (Å²) in [6.45, 7) is 2.69. The first kappa shape index (κ1) is 32.5. The van der Waals surface area contributed by atoms with E-state index in [0.29, 0.717) is 63.4 Å². The number of carbonyl (C=O) groups excluding carboxylic acids is 3. The molecule has 9 heteroatoms. The van der Waals surface area contributed by atoms with Crippen molar-refractivity contribution in [1.29, 1.82) is 0 Å². The molecule has 0 saturated carbocycles. The number of likely N-dealkylation sites (tertiary alicyclic amines) is 1. The normalized spacial score (nSPS) is 23.4. The van der Waals surface area contributed by atoms with Crippen LogP contribution in [0, 0.1) is 11.3 Å². The first-order valence-corrected chi connectivity index (χ1v) is 16.7. The maximum Gasteiger partial charge on any atom is 0.243 e. The molecular formula is C38H44N4O5. The molecule has 3 aromatic carbocycles. The maximum absolute atomic E-state index is 13.8. The van der Waals surface area contributed by atoms with Gasteiger partial charge >= 0.3 is 0 Å². The second-order valence-electron chi connectivity index (χ2n) is 12.9. The van der Waals surface area contributed by atoms with Crippen LogP contribution < -0.4 is 20.7 Å². The molecule has 9 nitrogen and oxygen atoms in total. The van der Waals surface area contributed by atoms with Crippen molar-refractivity contribution < 1.29 is 23.9 Å². The van der Waals surface area contributed by atoms with Crippen molar-refractivity contribution in [2.75, 3.05) is 38.2 Å². The summed E-state index contributed by atoms with van der Waals surface area (Å²) in [5.74, 6) is 1.27. The number of rotatable bonds is 7. The highest BCUT2D eigenvalue weighted by atomic mass is 16.5. The van der Waals surface area contributed by atoms with Crippen LogP contribution in [0.5, 0.6) is 11.5 Å². The van der Waals surface area contributed by atoms with E-state index in [1.165, 1.54) is 0 Å². The molecule has 6 rings (SSSR count). The zero-order valence-corrected chi connectivity index (χ0v) is 26.7. The van der Waals surface area contributed by atoms with Gasteiger partial charge in [0.2, 0.25) is 17.7 Å². The van der Waals surface area contributed by atoms with Crippen LogP contribution in [0.2, 0.25) is 0 Å². The van der Waals surface area contributed by atoms with Gasteiger partial charge in [0.15, 0.2) is 0 Å². The third-order valence-corrected chi connectivity index (χ3v) is 9.58. The van der Waals surface area contributed by atoms with Gasteiger partial charge in [-0.05, 0) is 80.0 Å². The number of amides is 3. The molecule has 2 fully saturated rings. The number of benzene rings is 3. The molecule has 0 unspecified atom stereocenters. The molecule has 3 N–H and O–H groups in total. The predicted molar refractivity (Wildman–Crippen MR) is 181 cm³/mol. The first-order valence-electron chi connectivity index (χ1n) is 16.7. The molecule has 2 saturated heterocycles. The Balaban J connectivity index is 1.11. The topological polar surface area (TPSA) is 109 Å². The van der Waals surface area contributed by atoms with E-state index in [9.17, 15) is 14.4 Å². The lowest BCUT2D eigenvalue weighted by molar-refractivity contribution is -0.140. The van der Waals surface area contributed by atoms with Crippen molar-refractivity contribution in [3.63, 3.8) is 0 Å². The highest BCUT2D eigenvalue weighted by molar-refractivity contribution is 5.92.